The predicted molar refractivity (Wildman–Crippen MR) is 219 cm³/mol. The summed E-state index contributed by atoms with van der Waals surface area (Å²) in [6.45, 7) is 0. The number of fused-ring (bicyclic) bond motifs is 16. The van der Waals surface area contributed by atoms with Crippen molar-refractivity contribution >= 4 is 43.4 Å². The Kier molecular flexibility index (Phi) is 5.73. The smallest absolute Gasteiger partial charge is 0.0972 e. The van der Waals surface area contributed by atoms with Crippen LogP contribution in [0.1, 0.15) is 22.3 Å². The van der Waals surface area contributed by atoms with Crippen LogP contribution >= 0.6 is 0 Å². The molecule has 12 rings (SSSR count). The Labute approximate surface area is 306 Å². The molecule has 10 aromatic rings. The van der Waals surface area contributed by atoms with E-state index >= 15 is 0 Å². The summed E-state index contributed by atoms with van der Waals surface area (Å²) >= 11 is 0. The summed E-state index contributed by atoms with van der Waals surface area (Å²) in [5.74, 6) is 0. The molecule has 2 aliphatic carbocycles. The zero-order chi connectivity index (χ0) is 34.7. The van der Waals surface area contributed by atoms with Gasteiger partial charge in [0.1, 0.15) is 0 Å². The molecule has 0 fully saturated rings. The van der Waals surface area contributed by atoms with E-state index in [9.17, 15) is 0 Å². The molecule has 0 bridgehead atoms. The Hall–Kier alpha value is -6.90. The van der Waals surface area contributed by atoms with Crippen molar-refractivity contribution < 1.29 is 0 Å². The molecule has 2 nitrogen and oxygen atoms in total. The first-order valence-corrected chi connectivity index (χ1v) is 18.3. The number of nitrogens with zero attached hydrogens (tertiary/aromatic N) is 2. The Bertz CT molecular complexity index is 3130. The molecular weight excluding hydrogens is 641 g/mol. The van der Waals surface area contributed by atoms with E-state index in [-0.39, 0.29) is 0 Å². The Balaban J connectivity index is 1.02. The Morgan fingerprint density at radius 2 is 1.00 bits per heavy atom. The fourth-order valence-corrected chi connectivity index (χ4v) is 9.56. The molecule has 0 radical (unpaired) electrons. The van der Waals surface area contributed by atoms with Crippen molar-refractivity contribution in [3.63, 3.8) is 0 Å². The average Bonchev–Trinajstić information content (AvgIpc) is 3.69. The van der Waals surface area contributed by atoms with Gasteiger partial charge in [-0.1, -0.05) is 146 Å². The normalized spacial score (nSPS) is 13.4. The molecule has 53 heavy (non-hydrogen) atoms. The molecule has 2 heterocycles. The van der Waals surface area contributed by atoms with Crippen LogP contribution in [0.5, 0.6) is 0 Å². The van der Waals surface area contributed by atoms with Gasteiger partial charge in [-0.2, -0.15) is 0 Å². The summed E-state index contributed by atoms with van der Waals surface area (Å²) < 4.78 is 0. The van der Waals surface area contributed by atoms with Gasteiger partial charge in [0.05, 0.1) is 22.1 Å². The van der Waals surface area contributed by atoms with Crippen LogP contribution in [-0.2, 0) is 5.41 Å². The second kappa shape index (κ2) is 10.6. The van der Waals surface area contributed by atoms with E-state index in [4.69, 9.17) is 4.98 Å². The maximum atomic E-state index is 5.09. The van der Waals surface area contributed by atoms with Crippen molar-refractivity contribution in [2.24, 2.45) is 0 Å². The van der Waals surface area contributed by atoms with Gasteiger partial charge in [-0.15, -0.1) is 0 Å². The molecule has 0 unspecified atom stereocenters. The van der Waals surface area contributed by atoms with Crippen molar-refractivity contribution in [2.75, 3.05) is 0 Å². The lowest BCUT2D eigenvalue weighted by atomic mass is 9.69. The van der Waals surface area contributed by atoms with Crippen LogP contribution in [0, 0.1) is 0 Å². The van der Waals surface area contributed by atoms with Crippen LogP contribution in [0.25, 0.3) is 88.0 Å². The number of benzene rings is 8. The lowest BCUT2D eigenvalue weighted by Gasteiger charge is -2.31. The lowest BCUT2D eigenvalue weighted by Crippen LogP contribution is -2.26. The molecule has 1 spiro atoms. The maximum Gasteiger partial charge on any atom is 0.0972 e. The third-order valence-corrected chi connectivity index (χ3v) is 11.9. The maximum absolute atomic E-state index is 5.09. The van der Waals surface area contributed by atoms with Crippen molar-refractivity contribution in [1.82, 2.24) is 9.97 Å². The minimum atomic E-state index is -0.405. The fraction of sp³-hybridized carbons (Fsp3) is 0.0196. The zero-order valence-corrected chi connectivity index (χ0v) is 28.7. The van der Waals surface area contributed by atoms with Gasteiger partial charge in [-0.05, 0) is 108 Å². The van der Waals surface area contributed by atoms with Crippen LogP contribution in [0.3, 0.4) is 0 Å². The van der Waals surface area contributed by atoms with Crippen molar-refractivity contribution in [3.8, 4) is 44.6 Å². The van der Waals surface area contributed by atoms with E-state index in [1.165, 1.54) is 77.2 Å². The molecule has 0 saturated carbocycles. The van der Waals surface area contributed by atoms with E-state index in [1.807, 2.05) is 12.3 Å². The highest BCUT2D eigenvalue weighted by molar-refractivity contribution is 6.07. The van der Waals surface area contributed by atoms with Gasteiger partial charge >= 0.3 is 0 Å². The summed E-state index contributed by atoms with van der Waals surface area (Å²) in [6, 6.07) is 65.0. The molecular formula is C51H30N2. The fourth-order valence-electron chi connectivity index (χ4n) is 9.56. The molecule has 0 saturated heterocycles. The first-order chi connectivity index (χ1) is 26.3. The van der Waals surface area contributed by atoms with Gasteiger partial charge in [0.25, 0.3) is 0 Å². The molecule has 0 N–H and O–H groups in total. The SMILES string of the molecule is c1ccc2c(c1)-c1ccccc1C21c2cc3cc(-c4ccc(-c5ccc6ccc7cccnc7c6n5)cc4)ccc3cc2-c2ccc3ccccc3c21. The monoisotopic (exact) mass is 670 g/mol. The molecule has 0 amide bonds. The Morgan fingerprint density at radius 3 is 1.83 bits per heavy atom. The Morgan fingerprint density at radius 1 is 0.358 bits per heavy atom. The minimum Gasteiger partial charge on any atom is -0.254 e. The van der Waals surface area contributed by atoms with Crippen LogP contribution < -0.4 is 0 Å². The summed E-state index contributed by atoms with van der Waals surface area (Å²) in [5, 5.41) is 7.30. The molecule has 0 aliphatic heterocycles. The molecule has 8 aromatic carbocycles. The van der Waals surface area contributed by atoms with E-state index in [0.29, 0.717) is 0 Å². The summed E-state index contributed by atoms with van der Waals surface area (Å²) in [4.78, 5) is 9.74. The first kappa shape index (κ1) is 28.8. The lowest BCUT2D eigenvalue weighted by molar-refractivity contribution is 0.802. The first-order valence-electron chi connectivity index (χ1n) is 18.3. The molecule has 2 aromatic heterocycles. The quantitative estimate of drug-likeness (QED) is 0.171. The van der Waals surface area contributed by atoms with Gasteiger partial charge in [0.2, 0.25) is 0 Å². The second-order valence-electron chi connectivity index (χ2n) is 14.5. The second-order valence-corrected chi connectivity index (χ2v) is 14.5. The largest absolute Gasteiger partial charge is 0.254 e. The van der Waals surface area contributed by atoms with Gasteiger partial charge in [0, 0.05) is 22.5 Å². The standard InChI is InChI=1S/C51H30N2/c1-2-10-39-32(8-1)23-25-42-43-29-37-22-21-36(31-15-17-33(18-16-31)47-26-24-35-20-19-34-9-7-27-52-49(34)50(35)53-47)28-38(37)30-46(43)51(48(39)42)44-13-5-3-11-40(44)41-12-4-6-14-45(41)51/h1-30H. The summed E-state index contributed by atoms with van der Waals surface area (Å²) in [5.41, 5.74) is 16.7. The summed E-state index contributed by atoms with van der Waals surface area (Å²) in [7, 11) is 0. The van der Waals surface area contributed by atoms with Crippen molar-refractivity contribution in [3.05, 3.63) is 204 Å². The van der Waals surface area contributed by atoms with Gasteiger partial charge < -0.3 is 0 Å². The highest BCUT2D eigenvalue weighted by atomic mass is 14.7. The zero-order valence-electron chi connectivity index (χ0n) is 28.7. The van der Waals surface area contributed by atoms with E-state index in [1.54, 1.807) is 0 Å². The topological polar surface area (TPSA) is 25.8 Å². The molecule has 2 heteroatoms. The van der Waals surface area contributed by atoms with Gasteiger partial charge in [-0.25, -0.2) is 4.98 Å². The highest BCUT2D eigenvalue weighted by Crippen LogP contribution is 2.64. The van der Waals surface area contributed by atoms with Crippen molar-refractivity contribution in [2.45, 2.75) is 5.41 Å². The number of rotatable bonds is 2. The van der Waals surface area contributed by atoms with E-state index < -0.39 is 5.41 Å². The van der Waals surface area contributed by atoms with Crippen LogP contribution in [0.4, 0.5) is 0 Å². The van der Waals surface area contributed by atoms with Crippen LogP contribution in [-0.4, -0.2) is 9.97 Å². The number of hydrogen-bond donors (Lipinski definition) is 0. The van der Waals surface area contributed by atoms with Gasteiger partial charge in [-0.3, -0.25) is 4.98 Å². The van der Waals surface area contributed by atoms with Crippen molar-refractivity contribution in [1.29, 1.82) is 0 Å². The van der Waals surface area contributed by atoms with Crippen LogP contribution in [0.15, 0.2) is 182 Å². The predicted octanol–water partition coefficient (Wildman–Crippen LogP) is 12.8. The molecule has 244 valence electrons. The highest BCUT2D eigenvalue weighted by Gasteiger charge is 2.52. The van der Waals surface area contributed by atoms with E-state index in [2.05, 4.69) is 175 Å². The number of aromatic nitrogens is 2. The third kappa shape index (κ3) is 3.87. The molecule has 2 aliphatic rings. The third-order valence-electron chi connectivity index (χ3n) is 11.9. The molecule has 0 atom stereocenters. The number of hydrogen-bond acceptors (Lipinski definition) is 2. The summed E-state index contributed by atoms with van der Waals surface area (Å²) in [6.07, 6.45) is 1.84. The minimum absolute atomic E-state index is 0.405. The van der Waals surface area contributed by atoms with Crippen LogP contribution in [0.2, 0.25) is 0 Å². The van der Waals surface area contributed by atoms with Gasteiger partial charge in [0.15, 0.2) is 0 Å². The van der Waals surface area contributed by atoms with E-state index in [0.717, 1.165) is 33.1 Å². The average molecular weight is 671 g/mol. The number of pyridine rings is 2.